The Kier molecular flexibility index (Phi) is 5.52. The fourth-order valence-electron chi connectivity index (χ4n) is 1.90. The molecule has 0 spiro atoms. The lowest BCUT2D eigenvalue weighted by Gasteiger charge is -2.20. The second kappa shape index (κ2) is 6.50. The first-order chi connectivity index (χ1) is 8.77. The van der Waals surface area contributed by atoms with Gasteiger partial charge in [0.25, 0.3) is 0 Å². The molecule has 5 heteroatoms. The molecule has 0 saturated heterocycles. The minimum absolute atomic E-state index is 0.0831. The molecule has 0 radical (unpaired) electrons. The molecule has 4 nitrogen and oxygen atoms in total. The highest BCUT2D eigenvalue weighted by Gasteiger charge is 2.21. The van der Waals surface area contributed by atoms with Crippen LogP contribution in [0.5, 0.6) is 0 Å². The van der Waals surface area contributed by atoms with Gasteiger partial charge >= 0.3 is 0 Å². The number of rotatable bonds is 6. The second-order valence-electron chi connectivity index (χ2n) is 5.13. The summed E-state index contributed by atoms with van der Waals surface area (Å²) in [5.41, 5.74) is 0.598. The molecule has 0 aromatic heterocycles. The third-order valence-corrected chi connectivity index (χ3v) is 4.69. The van der Waals surface area contributed by atoms with E-state index in [0.717, 1.165) is 6.42 Å². The largest absolute Gasteiger partial charge is 0.389 e. The van der Waals surface area contributed by atoms with Crippen molar-refractivity contribution in [3.8, 4) is 0 Å². The van der Waals surface area contributed by atoms with Crippen molar-refractivity contribution < 1.29 is 13.5 Å². The Morgan fingerprint density at radius 1 is 1.26 bits per heavy atom. The van der Waals surface area contributed by atoms with Gasteiger partial charge in [0.1, 0.15) is 0 Å². The van der Waals surface area contributed by atoms with Crippen LogP contribution in [0.4, 0.5) is 0 Å². The molecule has 19 heavy (non-hydrogen) atoms. The van der Waals surface area contributed by atoms with Gasteiger partial charge in [-0.2, -0.15) is 0 Å². The van der Waals surface area contributed by atoms with Gasteiger partial charge in [-0.3, -0.25) is 0 Å². The van der Waals surface area contributed by atoms with Crippen LogP contribution in [0.3, 0.4) is 0 Å². The molecule has 0 bridgehead atoms. The molecular formula is C14H23NO3S. The van der Waals surface area contributed by atoms with Crippen molar-refractivity contribution in [2.24, 2.45) is 5.92 Å². The van der Waals surface area contributed by atoms with Gasteiger partial charge in [-0.05, 0) is 37.0 Å². The number of aliphatic hydroxyl groups excluding tert-OH is 1. The zero-order valence-corrected chi connectivity index (χ0v) is 12.7. The molecule has 1 aromatic rings. The quantitative estimate of drug-likeness (QED) is 0.843. The maximum atomic E-state index is 12.3. The van der Waals surface area contributed by atoms with Gasteiger partial charge in [0.15, 0.2) is 0 Å². The minimum atomic E-state index is -3.53. The standard InChI is InChI=1S/C14H23NO3S/c1-5-14(10(2)3)15-19(17,18)13-8-6-7-12(9-13)11(4)16/h6-11,14-16H,5H2,1-4H3. The Morgan fingerprint density at radius 3 is 2.37 bits per heavy atom. The van der Waals surface area contributed by atoms with Crippen LogP contribution in [-0.2, 0) is 10.0 Å². The van der Waals surface area contributed by atoms with E-state index in [1.54, 1.807) is 25.1 Å². The molecule has 108 valence electrons. The molecule has 2 atom stereocenters. The van der Waals surface area contributed by atoms with Gasteiger partial charge in [0.2, 0.25) is 10.0 Å². The number of sulfonamides is 1. The van der Waals surface area contributed by atoms with Crippen molar-refractivity contribution >= 4 is 10.0 Å². The van der Waals surface area contributed by atoms with Crippen LogP contribution >= 0.6 is 0 Å². The Bertz CT molecular complexity index is 509. The fourth-order valence-corrected chi connectivity index (χ4v) is 3.42. The van der Waals surface area contributed by atoms with E-state index in [1.165, 1.54) is 6.07 Å². The lowest BCUT2D eigenvalue weighted by Crippen LogP contribution is -2.38. The predicted octanol–water partition coefficient (Wildman–Crippen LogP) is 2.45. The van der Waals surface area contributed by atoms with E-state index < -0.39 is 16.1 Å². The van der Waals surface area contributed by atoms with E-state index in [2.05, 4.69) is 4.72 Å². The van der Waals surface area contributed by atoms with Crippen LogP contribution < -0.4 is 4.72 Å². The Hall–Kier alpha value is -0.910. The summed E-state index contributed by atoms with van der Waals surface area (Å²) in [4.78, 5) is 0.199. The van der Waals surface area contributed by atoms with Crippen molar-refractivity contribution in [1.29, 1.82) is 0 Å². The summed E-state index contributed by atoms with van der Waals surface area (Å²) in [5, 5.41) is 9.51. The summed E-state index contributed by atoms with van der Waals surface area (Å²) in [6.45, 7) is 7.55. The summed E-state index contributed by atoms with van der Waals surface area (Å²) < 4.78 is 27.3. The maximum absolute atomic E-state index is 12.3. The second-order valence-corrected chi connectivity index (χ2v) is 6.84. The van der Waals surface area contributed by atoms with Gasteiger partial charge < -0.3 is 5.11 Å². The van der Waals surface area contributed by atoms with Crippen molar-refractivity contribution in [2.45, 2.75) is 51.2 Å². The first kappa shape index (κ1) is 16.1. The van der Waals surface area contributed by atoms with Gasteiger partial charge in [-0.25, -0.2) is 13.1 Å². The normalized spacial score (nSPS) is 15.5. The maximum Gasteiger partial charge on any atom is 0.240 e. The van der Waals surface area contributed by atoms with E-state index in [-0.39, 0.29) is 16.9 Å². The molecule has 0 heterocycles. The molecule has 1 aromatic carbocycles. The topological polar surface area (TPSA) is 66.4 Å². The van der Waals surface area contributed by atoms with Crippen molar-refractivity contribution in [2.75, 3.05) is 0 Å². The highest BCUT2D eigenvalue weighted by molar-refractivity contribution is 7.89. The van der Waals surface area contributed by atoms with Crippen LogP contribution in [0.2, 0.25) is 0 Å². The molecule has 0 aliphatic heterocycles. The summed E-state index contributed by atoms with van der Waals surface area (Å²) in [5.74, 6) is 0.236. The average molecular weight is 285 g/mol. The number of benzene rings is 1. The van der Waals surface area contributed by atoms with Gasteiger partial charge in [0, 0.05) is 6.04 Å². The van der Waals surface area contributed by atoms with Gasteiger partial charge in [0.05, 0.1) is 11.0 Å². The number of aliphatic hydroxyl groups is 1. The van der Waals surface area contributed by atoms with E-state index in [4.69, 9.17) is 0 Å². The molecule has 0 aliphatic carbocycles. The van der Waals surface area contributed by atoms with E-state index in [0.29, 0.717) is 5.56 Å². The lowest BCUT2D eigenvalue weighted by molar-refractivity contribution is 0.199. The number of hydrogen-bond acceptors (Lipinski definition) is 3. The molecule has 2 unspecified atom stereocenters. The highest BCUT2D eigenvalue weighted by Crippen LogP contribution is 2.18. The Labute approximate surface area is 115 Å². The first-order valence-electron chi connectivity index (χ1n) is 6.58. The zero-order chi connectivity index (χ0) is 14.6. The molecule has 0 aliphatic rings. The predicted molar refractivity (Wildman–Crippen MR) is 76.3 cm³/mol. The van der Waals surface area contributed by atoms with Crippen molar-refractivity contribution in [3.05, 3.63) is 29.8 Å². The Balaban J connectivity index is 3.03. The monoisotopic (exact) mass is 285 g/mol. The highest BCUT2D eigenvalue weighted by atomic mass is 32.2. The summed E-state index contributed by atoms with van der Waals surface area (Å²) >= 11 is 0. The molecule has 0 fully saturated rings. The summed E-state index contributed by atoms with van der Waals surface area (Å²) in [6, 6.07) is 6.33. The van der Waals surface area contributed by atoms with Crippen LogP contribution in [0.25, 0.3) is 0 Å². The summed E-state index contributed by atoms with van der Waals surface area (Å²) in [6.07, 6.45) is 0.0645. The van der Waals surface area contributed by atoms with Crippen LogP contribution in [0, 0.1) is 5.92 Å². The first-order valence-corrected chi connectivity index (χ1v) is 8.06. The SMILES string of the molecule is CCC(NS(=O)(=O)c1cccc(C(C)O)c1)C(C)C. The molecule has 1 rings (SSSR count). The van der Waals surface area contributed by atoms with Crippen molar-refractivity contribution in [3.63, 3.8) is 0 Å². The average Bonchev–Trinajstić information content (AvgIpc) is 2.35. The van der Waals surface area contributed by atoms with Crippen LogP contribution in [0.1, 0.15) is 45.8 Å². The third kappa shape index (κ3) is 4.30. The zero-order valence-electron chi connectivity index (χ0n) is 11.9. The fraction of sp³-hybridized carbons (Fsp3) is 0.571. The van der Waals surface area contributed by atoms with E-state index in [9.17, 15) is 13.5 Å². The minimum Gasteiger partial charge on any atom is -0.389 e. The van der Waals surface area contributed by atoms with Gasteiger partial charge in [-0.15, -0.1) is 0 Å². The summed E-state index contributed by atoms with van der Waals surface area (Å²) in [7, 11) is -3.53. The van der Waals surface area contributed by atoms with E-state index in [1.807, 2.05) is 20.8 Å². The van der Waals surface area contributed by atoms with Crippen LogP contribution in [-0.4, -0.2) is 19.6 Å². The molecular weight excluding hydrogens is 262 g/mol. The number of nitrogens with one attached hydrogen (secondary N) is 1. The van der Waals surface area contributed by atoms with Crippen molar-refractivity contribution in [1.82, 2.24) is 4.72 Å². The number of hydrogen-bond donors (Lipinski definition) is 2. The molecule has 0 amide bonds. The van der Waals surface area contributed by atoms with Gasteiger partial charge in [-0.1, -0.05) is 32.9 Å². The Morgan fingerprint density at radius 2 is 1.89 bits per heavy atom. The molecule has 0 saturated carbocycles. The molecule has 2 N–H and O–H groups in total. The lowest BCUT2D eigenvalue weighted by atomic mass is 10.0. The third-order valence-electron chi connectivity index (χ3n) is 3.20. The van der Waals surface area contributed by atoms with Crippen LogP contribution in [0.15, 0.2) is 29.2 Å². The van der Waals surface area contributed by atoms with E-state index >= 15 is 0 Å². The smallest absolute Gasteiger partial charge is 0.240 e.